The third-order valence-electron chi connectivity index (χ3n) is 4.89. The molecule has 0 N–H and O–H groups in total. The Morgan fingerprint density at radius 1 is 1.31 bits per heavy atom. The molecule has 0 saturated heterocycles. The fourth-order valence-corrected chi connectivity index (χ4v) is 4.17. The van der Waals surface area contributed by atoms with Gasteiger partial charge >= 0.3 is 5.97 Å². The Balaban J connectivity index is 1.90. The van der Waals surface area contributed by atoms with Crippen molar-refractivity contribution in [1.29, 1.82) is 0 Å². The second-order valence-corrected chi connectivity index (χ2v) is 5.68. The highest BCUT2D eigenvalue weighted by atomic mass is 16.5. The molecule has 2 heteroatoms. The first-order chi connectivity index (χ1) is 7.65. The molecule has 0 radical (unpaired) electrons. The van der Waals surface area contributed by atoms with Gasteiger partial charge in [0.2, 0.25) is 0 Å². The predicted molar refractivity (Wildman–Crippen MR) is 63.9 cm³/mol. The third-order valence-corrected chi connectivity index (χ3v) is 4.89. The number of fused-ring (bicyclic) bond motifs is 1. The summed E-state index contributed by atoms with van der Waals surface area (Å²) in [6, 6.07) is 0. The van der Waals surface area contributed by atoms with Gasteiger partial charge in [-0.25, -0.2) is 0 Å². The van der Waals surface area contributed by atoms with Gasteiger partial charge in [-0.2, -0.15) is 0 Å². The predicted octanol–water partition coefficient (Wildman–Crippen LogP) is 3.26. The van der Waals surface area contributed by atoms with Gasteiger partial charge in [0.25, 0.3) is 0 Å². The molecule has 5 atom stereocenters. The zero-order chi connectivity index (χ0) is 11.7. The average molecular weight is 224 g/mol. The maximum Gasteiger partial charge on any atom is 0.306 e. The Hall–Kier alpha value is -0.530. The van der Waals surface area contributed by atoms with Crippen LogP contribution in [0.15, 0.2) is 0 Å². The number of rotatable bonds is 3. The molecule has 0 aromatic heterocycles. The number of carbonyl (C=O) groups is 1. The standard InChI is InChI=1S/C14H24O2/c1-4-16-13(15)8-12-10(3)14-9(2)6-5-7-11(12)14/h9-12,14H,4-8H2,1-3H3/t9?,10-,11+,12?,14-/m0/s1. The Labute approximate surface area is 98.7 Å². The van der Waals surface area contributed by atoms with Gasteiger partial charge in [-0.3, -0.25) is 4.79 Å². The van der Waals surface area contributed by atoms with Crippen LogP contribution >= 0.6 is 0 Å². The van der Waals surface area contributed by atoms with E-state index in [1.807, 2.05) is 6.92 Å². The van der Waals surface area contributed by atoms with E-state index in [1.54, 1.807) is 0 Å². The summed E-state index contributed by atoms with van der Waals surface area (Å²) < 4.78 is 5.06. The summed E-state index contributed by atoms with van der Waals surface area (Å²) in [5, 5.41) is 0. The molecule has 0 spiro atoms. The highest BCUT2D eigenvalue weighted by Crippen LogP contribution is 2.56. The van der Waals surface area contributed by atoms with Gasteiger partial charge in [0.1, 0.15) is 0 Å². The highest BCUT2D eigenvalue weighted by Gasteiger charge is 2.51. The molecule has 0 amide bonds. The van der Waals surface area contributed by atoms with Crippen molar-refractivity contribution in [3.63, 3.8) is 0 Å². The molecule has 2 nitrogen and oxygen atoms in total. The zero-order valence-corrected chi connectivity index (χ0v) is 10.7. The number of hydrogen-bond acceptors (Lipinski definition) is 2. The molecule has 2 aliphatic carbocycles. The smallest absolute Gasteiger partial charge is 0.306 e. The van der Waals surface area contributed by atoms with E-state index < -0.39 is 0 Å². The summed E-state index contributed by atoms with van der Waals surface area (Å²) in [4.78, 5) is 11.5. The largest absolute Gasteiger partial charge is 0.466 e. The molecule has 2 saturated carbocycles. The third kappa shape index (κ3) is 1.99. The lowest BCUT2D eigenvalue weighted by molar-refractivity contribution is -0.152. The van der Waals surface area contributed by atoms with Gasteiger partial charge in [-0.05, 0) is 42.9 Å². The lowest BCUT2D eigenvalue weighted by Crippen LogP contribution is -2.51. The minimum Gasteiger partial charge on any atom is -0.466 e. The summed E-state index contributed by atoms with van der Waals surface area (Å²) in [5.74, 6) is 3.90. The van der Waals surface area contributed by atoms with Crippen LogP contribution in [0.2, 0.25) is 0 Å². The van der Waals surface area contributed by atoms with Crippen molar-refractivity contribution in [1.82, 2.24) is 0 Å². The monoisotopic (exact) mass is 224 g/mol. The van der Waals surface area contributed by atoms with E-state index in [2.05, 4.69) is 13.8 Å². The maximum atomic E-state index is 11.5. The highest BCUT2D eigenvalue weighted by molar-refractivity contribution is 5.69. The first-order valence-electron chi connectivity index (χ1n) is 6.80. The van der Waals surface area contributed by atoms with Crippen LogP contribution in [0.5, 0.6) is 0 Å². The Bertz CT molecular complexity index is 261. The molecule has 2 fully saturated rings. The molecule has 2 rings (SSSR count). The van der Waals surface area contributed by atoms with E-state index in [0.717, 1.165) is 23.7 Å². The van der Waals surface area contributed by atoms with Crippen molar-refractivity contribution >= 4 is 5.97 Å². The van der Waals surface area contributed by atoms with E-state index in [0.29, 0.717) is 18.9 Å². The fourth-order valence-electron chi connectivity index (χ4n) is 4.17. The van der Waals surface area contributed by atoms with Crippen LogP contribution < -0.4 is 0 Å². The SMILES string of the molecule is CCOC(=O)CC1[C@H]2CCCC(C)[C@H]2[C@H]1C. The van der Waals surface area contributed by atoms with E-state index in [-0.39, 0.29) is 5.97 Å². The summed E-state index contributed by atoms with van der Waals surface area (Å²) in [7, 11) is 0. The Morgan fingerprint density at radius 2 is 2.06 bits per heavy atom. The van der Waals surface area contributed by atoms with E-state index in [1.165, 1.54) is 19.3 Å². The molecule has 0 bridgehead atoms. The van der Waals surface area contributed by atoms with Crippen LogP contribution in [-0.2, 0) is 9.53 Å². The molecule has 16 heavy (non-hydrogen) atoms. The molecule has 92 valence electrons. The summed E-state index contributed by atoms with van der Waals surface area (Å²) in [6.07, 6.45) is 4.73. The molecule has 0 heterocycles. The van der Waals surface area contributed by atoms with Crippen LogP contribution in [0.25, 0.3) is 0 Å². The quantitative estimate of drug-likeness (QED) is 0.688. The van der Waals surface area contributed by atoms with Gasteiger partial charge in [-0.1, -0.05) is 26.7 Å². The van der Waals surface area contributed by atoms with E-state index in [9.17, 15) is 4.79 Å². The van der Waals surface area contributed by atoms with Gasteiger partial charge < -0.3 is 4.74 Å². The second kappa shape index (κ2) is 4.77. The van der Waals surface area contributed by atoms with Crippen molar-refractivity contribution in [3.8, 4) is 0 Å². The van der Waals surface area contributed by atoms with Gasteiger partial charge in [0, 0.05) is 6.42 Å². The van der Waals surface area contributed by atoms with E-state index >= 15 is 0 Å². The normalized spacial score (nSPS) is 42.1. The lowest BCUT2D eigenvalue weighted by Gasteiger charge is -2.56. The van der Waals surface area contributed by atoms with E-state index in [4.69, 9.17) is 4.74 Å². The number of esters is 1. The number of carbonyl (C=O) groups excluding carboxylic acids is 1. The van der Waals surface area contributed by atoms with Gasteiger partial charge in [0.05, 0.1) is 6.61 Å². The molecule has 2 aliphatic rings. The van der Waals surface area contributed by atoms with Crippen LogP contribution in [0.4, 0.5) is 0 Å². The first-order valence-corrected chi connectivity index (χ1v) is 6.80. The lowest BCUT2D eigenvalue weighted by atomic mass is 9.49. The van der Waals surface area contributed by atoms with Crippen molar-refractivity contribution in [3.05, 3.63) is 0 Å². The molecule has 2 unspecified atom stereocenters. The molecule has 0 aromatic rings. The number of hydrogen-bond donors (Lipinski definition) is 0. The Morgan fingerprint density at radius 3 is 2.75 bits per heavy atom. The summed E-state index contributed by atoms with van der Waals surface area (Å²) in [5.41, 5.74) is 0. The van der Waals surface area contributed by atoms with Crippen molar-refractivity contribution in [2.45, 2.75) is 46.5 Å². The average Bonchev–Trinajstić information content (AvgIpc) is 2.25. The zero-order valence-electron chi connectivity index (χ0n) is 10.7. The summed E-state index contributed by atoms with van der Waals surface area (Å²) >= 11 is 0. The summed E-state index contributed by atoms with van der Waals surface area (Å²) in [6.45, 7) is 7.11. The molecular formula is C14H24O2. The topological polar surface area (TPSA) is 26.3 Å². The van der Waals surface area contributed by atoms with Crippen LogP contribution in [0.3, 0.4) is 0 Å². The minimum atomic E-state index is 0.0102. The van der Waals surface area contributed by atoms with Crippen molar-refractivity contribution in [2.24, 2.45) is 29.6 Å². The van der Waals surface area contributed by atoms with Crippen LogP contribution in [0, 0.1) is 29.6 Å². The Kier molecular flexibility index (Phi) is 3.56. The second-order valence-electron chi connectivity index (χ2n) is 5.68. The fraction of sp³-hybridized carbons (Fsp3) is 0.929. The van der Waals surface area contributed by atoms with Crippen molar-refractivity contribution < 1.29 is 9.53 Å². The van der Waals surface area contributed by atoms with Gasteiger partial charge in [-0.15, -0.1) is 0 Å². The number of ether oxygens (including phenoxy) is 1. The van der Waals surface area contributed by atoms with Crippen LogP contribution in [0.1, 0.15) is 46.5 Å². The molecule has 0 aromatic carbocycles. The van der Waals surface area contributed by atoms with Crippen molar-refractivity contribution in [2.75, 3.05) is 6.61 Å². The first kappa shape index (κ1) is 11.9. The maximum absolute atomic E-state index is 11.5. The van der Waals surface area contributed by atoms with Gasteiger partial charge in [0.15, 0.2) is 0 Å². The minimum absolute atomic E-state index is 0.0102. The molecule has 0 aliphatic heterocycles. The van der Waals surface area contributed by atoms with Crippen LogP contribution in [-0.4, -0.2) is 12.6 Å². The molecular weight excluding hydrogens is 200 g/mol.